The zero-order valence-corrected chi connectivity index (χ0v) is 18.1. The van der Waals surface area contributed by atoms with Gasteiger partial charge in [-0.05, 0) is 41.1 Å². The van der Waals surface area contributed by atoms with Crippen molar-refractivity contribution < 1.29 is 13.2 Å². The van der Waals surface area contributed by atoms with E-state index in [0.29, 0.717) is 18.7 Å². The molecule has 0 bridgehead atoms. The molecule has 2 aliphatic heterocycles. The maximum Gasteiger partial charge on any atom is 0.254 e. The zero-order valence-electron chi connectivity index (χ0n) is 17.3. The van der Waals surface area contributed by atoms with Gasteiger partial charge in [0.2, 0.25) is 0 Å². The first-order chi connectivity index (χ1) is 15.5. The second-order valence-corrected chi connectivity index (χ2v) is 10.7. The third-order valence-corrected chi connectivity index (χ3v) is 8.28. The van der Waals surface area contributed by atoms with Crippen LogP contribution >= 0.6 is 0 Å². The van der Waals surface area contributed by atoms with Crippen LogP contribution in [0.5, 0.6) is 0 Å². The Bertz CT molecular complexity index is 1480. The smallest absolute Gasteiger partial charge is 0.254 e. The van der Waals surface area contributed by atoms with Gasteiger partial charge in [-0.25, -0.2) is 12.9 Å². The summed E-state index contributed by atoms with van der Waals surface area (Å²) in [5.41, 5.74) is 3.63. The standard InChI is InChI=1S/C24H22N4O3S/c29-24(27-12-11-25-21-14-32(30,31)15-23(21)27)17-7-8-19-16(13-17)3-1-5-20(19)22-6-2-4-18-9-10-26-28(18)22/h1-10,13,21,23,25H,11-12,14-15H2/t21-,23+/m1/s1. The van der Waals surface area contributed by atoms with Gasteiger partial charge in [-0.15, -0.1) is 0 Å². The number of nitrogens with zero attached hydrogens (tertiary/aromatic N) is 3. The summed E-state index contributed by atoms with van der Waals surface area (Å²) in [5.74, 6) is 0.0174. The van der Waals surface area contributed by atoms with Crippen molar-refractivity contribution in [2.45, 2.75) is 12.1 Å². The monoisotopic (exact) mass is 446 g/mol. The van der Waals surface area contributed by atoms with Gasteiger partial charge >= 0.3 is 0 Å². The molecule has 2 aromatic carbocycles. The van der Waals surface area contributed by atoms with Crippen LogP contribution in [0.4, 0.5) is 0 Å². The maximum absolute atomic E-state index is 13.4. The molecule has 1 amide bonds. The normalized spacial score (nSPS) is 22.3. The van der Waals surface area contributed by atoms with Crippen LogP contribution in [0.15, 0.2) is 66.9 Å². The number of carbonyl (C=O) groups excluding carboxylic acids is 1. The van der Waals surface area contributed by atoms with E-state index < -0.39 is 9.84 Å². The summed E-state index contributed by atoms with van der Waals surface area (Å²) < 4.78 is 26.2. The fourth-order valence-corrected chi connectivity index (χ4v) is 7.03. The number of sulfone groups is 1. The highest BCUT2D eigenvalue weighted by atomic mass is 32.2. The van der Waals surface area contributed by atoms with Crippen LogP contribution in [-0.2, 0) is 9.84 Å². The molecule has 7 nitrogen and oxygen atoms in total. The van der Waals surface area contributed by atoms with Crippen LogP contribution < -0.4 is 5.32 Å². The Balaban J connectivity index is 1.39. The number of hydrogen-bond donors (Lipinski definition) is 1. The molecule has 6 rings (SSSR count). The largest absolute Gasteiger partial charge is 0.332 e. The third kappa shape index (κ3) is 3.10. The van der Waals surface area contributed by atoms with Gasteiger partial charge in [0.1, 0.15) is 0 Å². The number of rotatable bonds is 2. The summed E-state index contributed by atoms with van der Waals surface area (Å²) >= 11 is 0. The first-order valence-electron chi connectivity index (χ1n) is 10.7. The van der Waals surface area contributed by atoms with E-state index in [-0.39, 0.29) is 29.5 Å². The number of nitrogens with one attached hydrogen (secondary N) is 1. The summed E-state index contributed by atoms with van der Waals surface area (Å²) in [6.07, 6.45) is 1.78. The Kier molecular flexibility index (Phi) is 4.34. The second-order valence-electron chi connectivity index (χ2n) is 8.52. The van der Waals surface area contributed by atoms with Gasteiger partial charge < -0.3 is 10.2 Å². The molecular formula is C24H22N4O3S. The summed E-state index contributed by atoms with van der Waals surface area (Å²) in [5, 5.41) is 9.71. The molecule has 2 aromatic heterocycles. The SMILES string of the molecule is O=C(c1ccc2c(-c3cccc4ccnn34)cccc2c1)N1CCN[C@@H]2CS(=O)(=O)C[C@@H]21. The topological polar surface area (TPSA) is 83.8 Å². The summed E-state index contributed by atoms with van der Waals surface area (Å²) in [6, 6.07) is 19.3. The van der Waals surface area contributed by atoms with Gasteiger partial charge in [0.25, 0.3) is 5.91 Å². The van der Waals surface area contributed by atoms with E-state index in [9.17, 15) is 13.2 Å². The van der Waals surface area contributed by atoms with Gasteiger partial charge in [0, 0.05) is 30.3 Å². The molecule has 4 aromatic rings. The lowest BCUT2D eigenvalue weighted by Gasteiger charge is -2.37. The lowest BCUT2D eigenvalue weighted by molar-refractivity contribution is 0.0621. The molecule has 0 unspecified atom stereocenters. The van der Waals surface area contributed by atoms with Gasteiger partial charge in [-0.3, -0.25) is 4.79 Å². The number of aromatic nitrogens is 2. The van der Waals surface area contributed by atoms with Gasteiger partial charge in [0.05, 0.1) is 35.0 Å². The molecule has 162 valence electrons. The number of carbonyl (C=O) groups is 1. The molecule has 2 saturated heterocycles. The fraction of sp³-hybridized carbons (Fsp3) is 0.250. The number of amides is 1. The van der Waals surface area contributed by atoms with Gasteiger partial charge in [0.15, 0.2) is 9.84 Å². The van der Waals surface area contributed by atoms with Crippen molar-refractivity contribution in [3.8, 4) is 11.3 Å². The number of pyridine rings is 1. The summed E-state index contributed by atoms with van der Waals surface area (Å²) in [7, 11) is -3.13. The van der Waals surface area contributed by atoms with Gasteiger partial charge in [-0.1, -0.05) is 30.3 Å². The fourth-order valence-electron chi connectivity index (χ4n) is 5.08. The minimum atomic E-state index is -3.13. The van der Waals surface area contributed by atoms with Crippen LogP contribution in [0.2, 0.25) is 0 Å². The van der Waals surface area contributed by atoms with E-state index in [2.05, 4.69) is 16.5 Å². The van der Waals surface area contributed by atoms with Crippen molar-refractivity contribution in [3.05, 3.63) is 72.4 Å². The number of fused-ring (bicyclic) bond motifs is 3. The van der Waals surface area contributed by atoms with E-state index in [1.54, 1.807) is 11.1 Å². The molecule has 2 atom stereocenters. The number of hydrogen-bond acceptors (Lipinski definition) is 5. The van der Waals surface area contributed by atoms with Crippen molar-refractivity contribution >= 4 is 32.0 Å². The third-order valence-electron chi connectivity index (χ3n) is 6.57. The van der Waals surface area contributed by atoms with Crippen LogP contribution in [-0.4, -0.2) is 65.5 Å². The molecule has 8 heteroatoms. The molecule has 0 saturated carbocycles. The molecule has 2 fully saturated rings. The maximum atomic E-state index is 13.4. The summed E-state index contributed by atoms with van der Waals surface area (Å²) in [4.78, 5) is 15.1. The van der Waals surface area contributed by atoms with E-state index >= 15 is 0 Å². The van der Waals surface area contributed by atoms with Crippen LogP contribution in [0.3, 0.4) is 0 Å². The van der Waals surface area contributed by atoms with Crippen molar-refractivity contribution in [1.29, 1.82) is 0 Å². The highest BCUT2D eigenvalue weighted by Gasteiger charge is 2.44. The van der Waals surface area contributed by atoms with Crippen molar-refractivity contribution in [3.63, 3.8) is 0 Å². The van der Waals surface area contributed by atoms with E-state index in [1.165, 1.54) is 0 Å². The molecule has 4 heterocycles. The van der Waals surface area contributed by atoms with Crippen molar-refractivity contribution in [2.75, 3.05) is 24.6 Å². The van der Waals surface area contributed by atoms with E-state index in [1.807, 2.05) is 59.1 Å². The highest BCUT2D eigenvalue weighted by molar-refractivity contribution is 7.91. The number of benzene rings is 2. The van der Waals surface area contributed by atoms with Gasteiger partial charge in [-0.2, -0.15) is 5.10 Å². The minimum Gasteiger partial charge on any atom is -0.332 e. The first-order valence-corrected chi connectivity index (χ1v) is 12.5. The van der Waals surface area contributed by atoms with E-state index in [4.69, 9.17) is 0 Å². The Labute approximate surface area is 185 Å². The second kappa shape index (κ2) is 7.15. The highest BCUT2D eigenvalue weighted by Crippen LogP contribution is 2.30. The lowest BCUT2D eigenvalue weighted by atomic mass is 9.98. The Hall–Kier alpha value is -3.23. The molecule has 32 heavy (non-hydrogen) atoms. The Morgan fingerprint density at radius 2 is 1.91 bits per heavy atom. The molecule has 0 spiro atoms. The molecule has 1 N–H and O–H groups in total. The predicted molar refractivity (Wildman–Crippen MR) is 123 cm³/mol. The molecule has 2 aliphatic rings. The quantitative estimate of drug-likeness (QED) is 0.511. The minimum absolute atomic E-state index is 0.0298. The van der Waals surface area contributed by atoms with E-state index in [0.717, 1.165) is 27.5 Å². The first kappa shape index (κ1) is 19.5. The molecule has 0 aliphatic carbocycles. The number of piperazine rings is 1. The Morgan fingerprint density at radius 1 is 1.03 bits per heavy atom. The van der Waals surface area contributed by atoms with Crippen molar-refractivity contribution in [2.24, 2.45) is 0 Å². The Morgan fingerprint density at radius 3 is 2.81 bits per heavy atom. The van der Waals surface area contributed by atoms with Crippen LogP contribution in [0.25, 0.3) is 27.5 Å². The average Bonchev–Trinajstić information content (AvgIpc) is 3.40. The zero-order chi connectivity index (χ0) is 21.9. The average molecular weight is 447 g/mol. The summed E-state index contributed by atoms with van der Waals surface area (Å²) in [6.45, 7) is 1.11. The predicted octanol–water partition coefficient (Wildman–Crippen LogP) is 2.37. The van der Waals surface area contributed by atoms with Crippen LogP contribution in [0, 0.1) is 0 Å². The van der Waals surface area contributed by atoms with Crippen molar-refractivity contribution in [1.82, 2.24) is 19.8 Å². The molecular weight excluding hydrogens is 424 g/mol. The lowest BCUT2D eigenvalue weighted by Crippen LogP contribution is -2.59. The van der Waals surface area contributed by atoms with Crippen LogP contribution in [0.1, 0.15) is 10.4 Å². The molecule has 0 radical (unpaired) electrons.